The molecule has 168 valence electrons. The minimum atomic E-state index is -0.542. The minimum absolute atomic E-state index is 0. The average Bonchev–Trinajstić information content (AvgIpc) is 2.97. The minimum Gasteiger partial charge on any atom is -0.444 e. The number of H-pyrrole nitrogens is 1. The Morgan fingerprint density at radius 2 is 1.90 bits per heavy atom. The van der Waals surface area contributed by atoms with Crippen LogP contribution in [-0.4, -0.2) is 48.3 Å². The standard InChI is InChI=1S/C21H32FN5O2.HI/c1-20(2,3)29-19(28)27-21(4,5)13-26-18(23-6)24-10-9-14-12-25-17-11-15(22)7-8-16(14)17;/h7-8,11-12,25H,9-10,13H2,1-6H3,(H,27,28)(H2,23,24,26);1H. The zero-order valence-corrected chi connectivity index (χ0v) is 20.8. The average molecular weight is 533 g/mol. The van der Waals surface area contributed by atoms with Crippen LogP contribution in [0.15, 0.2) is 29.4 Å². The first-order valence-corrected chi connectivity index (χ1v) is 9.70. The van der Waals surface area contributed by atoms with Gasteiger partial charge in [0.25, 0.3) is 0 Å². The number of nitrogens with one attached hydrogen (secondary N) is 4. The van der Waals surface area contributed by atoms with Crippen LogP contribution in [0.1, 0.15) is 40.2 Å². The van der Waals surface area contributed by atoms with E-state index in [0.29, 0.717) is 19.0 Å². The summed E-state index contributed by atoms with van der Waals surface area (Å²) in [7, 11) is 1.69. The topological polar surface area (TPSA) is 90.5 Å². The number of hydrogen-bond acceptors (Lipinski definition) is 3. The Morgan fingerprint density at radius 3 is 2.53 bits per heavy atom. The number of aromatic nitrogens is 1. The van der Waals surface area contributed by atoms with Crippen LogP contribution < -0.4 is 16.0 Å². The van der Waals surface area contributed by atoms with Crippen molar-refractivity contribution < 1.29 is 13.9 Å². The van der Waals surface area contributed by atoms with Crippen LogP contribution >= 0.6 is 24.0 Å². The monoisotopic (exact) mass is 533 g/mol. The fourth-order valence-corrected chi connectivity index (χ4v) is 2.83. The first kappa shape index (κ1) is 26.0. The SMILES string of the molecule is CN=C(NCCc1c[nH]c2cc(F)ccc12)NCC(C)(C)NC(=O)OC(C)(C)C.I. The van der Waals surface area contributed by atoms with Gasteiger partial charge in [0.05, 0.1) is 5.54 Å². The molecular formula is C21H33FIN5O2. The molecule has 0 aliphatic rings. The van der Waals surface area contributed by atoms with Crippen molar-refractivity contribution in [3.63, 3.8) is 0 Å². The molecule has 0 saturated heterocycles. The van der Waals surface area contributed by atoms with Crippen LogP contribution in [0.25, 0.3) is 10.9 Å². The van der Waals surface area contributed by atoms with E-state index in [-0.39, 0.29) is 29.8 Å². The second kappa shape index (κ2) is 10.8. The quantitative estimate of drug-likeness (QED) is 0.257. The van der Waals surface area contributed by atoms with Gasteiger partial charge in [0, 0.05) is 37.2 Å². The lowest BCUT2D eigenvalue weighted by atomic mass is 10.1. The summed E-state index contributed by atoms with van der Waals surface area (Å²) in [6, 6.07) is 4.74. The third-order valence-corrected chi connectivity index (χ3v) is 4.18. The predicted molar refractivity (Wildman–Crippen MR) is 130 cm³/mol. The molecule has 30 heavy (non-hydrogen) atoms. The fraction of sp³-hybridized carbons (Fsp3) is 0.524. The smallest absolute Gasteiger partial charge is 0.408 e. The van der Waals surface area contributed by atoms with Crippen molar-refractivity contribution in [2.45, 2.75) is 52.2 Å². The van der Waals surface area contributed by atoms with Crippen LogP contribution in [0.4, 0.5) is 9.18 Å². The largest absolute Gasteiger partial charge is 0.444 e. The van der Waals surface area contributed by atoms with Gasteiger partial charge in [0.2, 0.25) is 0 Å². The molecule has 1 aromatic carbocycles. The molecule has 0 aliphatic heterocycles. The molecule has 2 aromatic rings. The summed E-state index contributed by atoms with van der Waals surface area (Å²) >= 11 is 0. The number of amides is 1. The van der Waals surface area contributed by atoms with E-state index in [1.165, 1.54) is 12.1 Å². The van der Waals surface area contributed by atoms with Crippen LogP contribution in [0.2, 0.25) is 0 Å². The van der Waals surface area contributed by atoms with Gasteiger partial charge in [-0.05, 0) is 64.8 Å². The molecule has 1 aromatic heterocycles. The van der Waals surface area contributed by atoms with Crippen molar-refractivity contribution in [1.82, 2.24) is 20.9 Å². The number of aromatic amines is 1. The van der Waals surface area contributed by atoms with Crippen molar-refractivity contribution in [3.05, 3.63) is 35.8 Å². The van der Waals surface area contributed by atoms with E-state index in [0.717, 1.165) is 22.9 Å². The molecular weight excluding hydrogens is 500 g/mol. The molecule has 1 heterocycles. The van der Waals surface area contributed by atoms with Gasteiger partial charge in [-0.2, -0.15) is 0 Å². The van der Waals surface area contributed by atoms with E-state index in [2.05, 4.69) is 25.9 Å². The first-order valence-electron chi connectivity index (χ1n) is 9.70. The van der Waals surface area contributed by atoms with Gasteiger partial charge < -0.3 is 25.7 Å². The molecule has 9 heteroatoms. The molecule has 2 rings (SSSR count). The zero-order valence-electron chi connectivity index (χ0n) is 18.5. The second-order valence-corrected chi connectivity index (χ2v) is 8.62. The number of guanidine groups is 1. The maximum absolute atomic E-state index is 13.3. The summed E-state index contributed by atoms with van der Waals surface area (Å²) in [4.78, 5) is 19.3. The highest BCUT2D eigenvalue weighted by Gasteiger charge is 2.24. The van der Waals surface area contributed by atoms with Crippen molar-refractivity contribution >= 4 is 46.9 Å². The number of benzene rings is 1. The van der Waals surface area contributed by atoms with Gasteiger partial charge >= 0.3 is 6.09 Å². The molecule has 7 nitrogen and oxygen atoms in total. The molecule has 0 unspecified atom stereocenters. The van der Waals surface area contributed by atoms with Gasteiger partial charge in [-0.1, -0.05) is 0 Å². The van der Waals surface area contributed by atoms with Crippen molar-refractivity contribution in [1.29, 1.82) is 0 Å². The number of carbonyl (C=O) groups is 1. The van der Waals surface area contributed by atoms with E-state index < -0.39 is 17.2 Å². The van der Waals surface area contributed by atoms with Crippen LogP contribution in [0.3, 0.4) is 0 Å². The van der Waals surface area contributed by atoms with Crippen LogP contribution in [0.5, 0.6) is 0 Å². The molecule has 4 N–H and O–H groups in total. The summed E-state index contributed by atoms with van der Waals surface area (Å²) in [5, 5.41) is 10.3. The Morgan fingerprint density at radius 1 is 1.20 bits per heavy atom. The third kappa shape index (κ3) is 8.37. The summed E-state index contributed by atoms with van der Waals surface area (Å²) < 4.78 is 18.6. The summed E-state index contributed by atoms with van der Waals surface area (Å²) in [5.41, 5.74) is 0.826. The van der Waals surface area contributed by atoms with Gasteiger partial charge in [0.1, 0.15) is 11.4 Å². The van der Waals surface area contributed by atoms with E-state index >= 15 is 0 Å². The lowest BCUT2D eigenvalue weighted by molar-refractivity contribution is 0.0474. The zero-order chi connectivity index (χ0) is 21.7. The highest BCUT2D eigenvalue weighted by molar-refractivity contribution is 14.0. The van der Waals surface area contributed by atoms with Crippen molar-refractivity contribution in [3.8, 4) is 0 Å². The van der Waals surface area contributed by atoms with Crippen molar-refractivity contribution in [2.75, 3.05) is 20.1 Å². The third-order valence-electron chi connectivity index (χ3n) is 4.18. The van der Waals surface area contributed by atoms with Crippen LogP contribution in [-0.2, 0) is 11.2 Å². The molecule has 1 amide bonds. The van der Waals surface area contributed by atoms with Crippen molar-refractivity contribution in [2.24, 2.45) is 4.99 Å². The Balaban J connectivity index is 0.00000450. The molecule has 0 atom stereocenters. The van der Waals surface area contributed by atoms with E-state index in [9.17, 15) is 9.18 Å². The number of alkyl carbamates (subject to hydrolysis) is 1. The summed E-state index contributed by atoms with van der Waals surface area (Å²) in [6.45, 7) is 10.4. The van der Waals surface area contributed by atoms with Gasteiger partial charge in [0.15, 0.2) is 5.96 Å². The number of hydrogen-bond donors (Lipinski definition) is 4. The van der Waals surface area contributed by atoms with Gasteiger partial charge in [-0.25, -0.2) is 9.18 Å². The number of halogens is 2. The number of nitrogens with zero attached hydrogens (tertiary/aromatic N) is 1. The maximum Gasteiger partial charge on any atom is 0.408 e. The molecule has 0 saturated carbocycles. The number of fused-ring (bicyclic) bond motifs is 1. The second-order valence-electron chi connectivity index (χ2n) is 8.62. The number of ether oxygens (including phenoxy) is 1. The van der Waals surface area contributed by atoms with E-state index in [1.807, 2.05) is 40.8 Å². The molecule has 0 aliphatic carbocycles. The normalized spacial score (nSPS) is 12.3. The van der Waals surface area contributed by atoms with Crippen LogP contribution in [0, 0.1) is 5.82 Å². The molecule has 0 radical (unpaired) electrons. The fourth-order valence-electron chi connectivity index (χ4n) is 2.83. The highest BCUT2D eigenvalue weighted by atomic mass is 127. The van der Waals surface area contributed by atoms with E-state index in [1.54, 1.807) is 13.1 Å². The lowest BCUT2D eigenvalue weighted by Crippen LogP contribution is -2.54. The van der Waals surface area contributed by atoms with Gasteiger partial charge in [-0.3, -0.25) is 4.99 Å². The molecule has 0 spiro atoms. The Labute approximate surface area is 194 Å². The maximum atomic E-state index is 13.3. The Hall–Kier alpha value is -2.04. The number of carbonyl (C=O) groups excluding carboxylic acids is 1. The Kier molecular flexibility index (Phi) is 9.38. The highest BCUT2D eigenvalue weighted by Crippen LogP contribution is 2.19. The first-order chi connectivity index (χ1) is 13.5. The molecule has 0 bridgehead atoms. The number of rotatable bonds is 6. The Bertz CT molecular complexity index is 874. The van der Waals surface area contributed by atoms with Gasteiger partial charge in [-0.15, -0.1) is 24.0 Å². The number of aliphatic imine (C=N–C) groups is 1. The summed E-state index contributed by atoms with van der Waals surface area (Å²) in [5.74, 6) is 0.381. The van der Waals surface area contributed by atoms with E-state index in [4.69, 9.17) is 4.74 Å². The molecule has 0 fully saturated rings. The lowest BCUT2D eigenvalue weighted by Gasteiger charge is -2.29. The summed E-state index contributed by atoms with van der Waals surface area (Å²) in [6.07, 6.45) is 2.20. The predicted octanol–water partition coefficient (Wildman–Crippen LogP) is 3.94.